The number of carbonyl (C=O) groups excluding carboxylic acids is 2. The molecule has 0 saturated carbocycles. The van der Waals surface area contributed by atoms with Crippen molar-refractivity contribution in [3.8, 4) is 0 Å². The third kappa shape index (κ3) is 4.58. The SMILES string of the molecule is CC(=O)N1CCCN(C(=O)N[C@H](C)c2ccc(F)c(Cl)c2)CC1. The van der Waals surface area contributed by atoms with Crippen LogP contribution in [0.2, 0.25) is 5.02 Å². The van der Waals surface area contributed by atoms with E-state index < -0.39 is 5.82 Å². The average Bonchev–Trinajstić information content (AvgIpc) is 2.76. The Labute approximate surface area is 140 Å². The molecule has 0 unspecified atom stereocenters. The number of nitrogens with one attached hydrogen (secondary N) is 1. The molecule has 23 heavy (non-hydrogen) atoms. The van der Waals surface area contributed by atoms with Crippen molar-refractivity contribution in [1.29, 1.82) is 0 Å². The van der Waals surface area contributed by atoms with Crippen molar-refractivity contribution in [3.63, 3.8) is 0 Å². The monoisotopic (exact) mass is 341 g/mol. The molecule has 0 spiro atoms. The Morgan fingerprint density at radius 3 is 2.52 bits per heavy atom. The van der Waals surface area contributed by atoms with E-state index in [-0.39, 0.29) is 23.0 Å². The lowest BCUT2D eigenvalue weighted by Crippen LogP contribution is -2.43. The van der Waals surface area contributed by atoms with E-state index in [4.69, 9.17) is 11.6 Å². The second-order valence-corrected chi connectivity index (χ2v) is 6.10. The number of hydrogen-bond acceptors (Lipinski definition) is 2. The van der Waals surface area contributed by atoms with Gasteiger partial charge in [-0.3, -0.25) is 4.79 Å². The molecule has 0 radical (unpaired) electrons. The highest BCUT2D eigenvalue weighted by Gasteiger charge is 2.21. The van der Waals surface area contributed by atoms with Gasteiger partial charge in [-0.2, -0.15) is 0 Å². The molecule has 1 saturated heterocycles. The van der Waals surface area contributed by atoms with Gasteiger partial charge in [0.25, 0.3) is 0 Å². The lowest BCUT2D eigenvalue weighted by molar-refractivity contribution is -0.128. The van der Waals surface area contributed by atoms with E-state index in [0.29, 0.717) is 26.2 Å². The summed E-state index contributed by atoms with van der Waals surface area (Å²) in [7, 11) is 0. The Morgan fingerprint density at radius 2 is 1.87 bits per heavy atom. The lowest BCUT2D eigenvalue weighted by atomic mass is 10.1. The van der Waals surface area contributed by atoms with Gasteiger partial charge in [0.05, 0.1) is 11.1 Å². The molecule has 1 aromatic rings. The lowest BCUT2D eigenvalue weighted by Gasteiger charge is -2.24. The second kappa shape index (κ2) is 7.64. The van der Waals surface area contributed by atoms with E-state index in [1.54, 1.807) is 15.9 Å². The normalized spacial score (nSPS) is 16.7. The van der Waals surface area contributed by atoms with Gasteiger partial charge < -0.3 is 15.1 Å². The number of benzene rings is 1. The summed E-state index contributed by atoms with van der Waals surface area (Å²) in [6.45, 7) is 5.67. The summed E-state index contributed by atoms with van der Waals surface area (Å²) in [5.74, 6) is -0.452. The third-order valence-corrected chi connectivity index (χ3v) is 4.30. The summed E-state index contributed by atoms with van der Waals surface area (Å²) < 4.78 is 13.2. The summed E-state index contributed by atoms with van der Waals surface area (Å²) >= 11 is 5.77. The van der Waals surface area contributed by atoms with E-state index in [0.717, 1.165) is 12.0 Å². The zero-order valence-electron chi connectivity index (χ0n) is 13.3. The first-order valence-corrected chi connectivity index (χ1v) is 8.02. The summed E-state index contributed by atoms with van der Waals surface area (Å²) in [6, 6.07) is 3.93. The van der Waals surface area contributed by atoms with Crippen LogP contribution in [0.15, 0.2) is 18.2 Å². The first-order chi connectivity index (χ1) is 10.9. The maximum absolute atomic E-state index is 13.2. The van der Waals surface area contributed by atoms with Crippen molar-refractivity contribution in [2.45, 2.75) is 26.3 Å². The molecule has 1 fully saturated rings. The first-order valence-electron chi connectivity index (χ1n) is 7.64. The Morgan fingerprint density at radius 1 is 1.22 bits per heavy atom. The first kappa shape index (κ1) is 17.5. The van der Waals surface area contributed by atoms with Crippen LogP contribution in [-0.2, 0) is 4.79 Å². The number of amides is 3. The molecule has 0 aromatic heterocycles. The molecule has 1 N–H and O–H groups in total. The van der Waals surface area contributed by atoms with Crippen LogP contribution in [0.25, 0.3) is 0 Å². The molecular formula is C16H21ClFN3O2. The van der Waals surface area contributed by atoms with Crippen LogP contribution < -0.4 is 5.32 Å². The van der Waals surface area contributed by atoms with Gasteiger partial charge >= 0.3 is 6.03 Å². The van der Waals surface area contributed by atoms with Crippen molar-refractivity contribution in [2.24, 2.45) is 0 Å². The second-order valence-electron chi connectivity index (χ2n) is 5.69. The van der Waals surface area contributed by atoms with Gasteiger partial charge in [-0.1, -0.05) is 17.7 Å². The zero-order chi connectivity index (χ0) is 17.0. The van der Waals surface area contributed by atoms with Crippen molar-refractivity contribution >= 4 is 23.5 Å². The van der Waals surface area contributed by atoms with Crippen LogP contribution in [0.5, 0.6) is 0 Å². The molecule has 1 aliphatic rings. The number of hydrogen-bond donors (Lipinski definition) is 1. The highest BCUT2D eigenvalue weighted by atomic mass is 35.5. The van der Waals surface area contributed by atoms with Gasteiger partial charge in [-0.25, -0.2) is 9.18 Å². The van der Waals surface area contributed by atoms with Crippen molar-refractivity contribution in [2.75, 3.05) is 26.2 Å². The summed E-state index contributed by atoms with van der Waals surface area (Å²) in [5, 5.41) is 2.92. The van der Waals surface area contributed by atoms with E-state index >= 15 is 0 Å². The van der Waals surface area contributed by atoms with E-state index in [9.17, 15) is 14.0 Å². The van der Waals surface area contributed by atoms with Crippen LogP contribution >= 0.6 is 11.6 Å². The Bertz CT molecular complexity index is 597. The number of rotatable bonds is 2. The maximum Gasteiger partial charge on any atom is 0.317 e. The Balaban J connectivity index is 1.95. The van der Waals surface area contributed by atoms with E-state index in [2.05, 4.69) is 5.32 Å². The minimum atomic E-state index is -0.481. The predicted molar refractivity (Wildman–Crippen MR) is 86.8 cm³/mol. The fourth-order valence-corrected chi connectivity index (χ4v) is 2.77. The molecule has 5 nitrogen and oxygen atoms in total. The van der Waals surface area contributed by atoms with E-state index in [1.165, 1.54) is 19.1 Å². The molecule has 1 aromatic carbocycles. The molecule has 1 aliphatic heterocycles. The number of halogens is 2. The minimum absolute atomic E-state index is 0.0292. The largest absolute Gasteiger partial charge is 0.341 e. The molecule has 0 bridgehead atoms. The summed E-state index contributed by atoms with van der Waals surface area (Å²) in [5.41, 5.74) is 0.741. The van der Waals surface area contributed by atoms with Crippen LogP contribution in [0.1, 0.15) is 31.9 Å². The van der Waals surface area contributed by atoms with Gasteiger partial charge in [0.15, 0.2) is 0 Å². The Kier molecular flexibility index (Phi) is 5.82. The van der Waals surface area contributed by atoms with Crippen LogP contribution in [-0.4, -0.2) is 47.9 Å². The van der Waals surface area contributed by atoms with Crippen molar-refractivity contribution in [1.82, 2.24) is 15.1 Å². The molecule has 7 heteroatoms. The van der Waals surface area contributed by atoms with Gasteiger partial charge in [-0.05, 0) is 31.0 Å². The highest BCUT2D eigenvalue weighted by molar-refractivity contribution is 6.30. The zero-order valence-corrected chi connectivity index (χ0v) is 14.1. The van der Waals surface area contributed by atoms with Gasteiger partial charge in [0, 0.05) is 33.1 Å². The summed E-state index contributed by atoms with van der Waals surface area (Å²) in [4.78, 5) is 27.2. The Hall–Kier alpha value is -1.82. The minimum Gasteiger partial charge on any atom is -0.341 e. The molecule has 3 amide bonds. The number of carbonyl (C=O) groups is 2. The van der Waals surface area contributed by atoms with Crippen LogP contribution in [0.3, 0.4) is 0 Å². The molecular weight excluding hydrogens is 321 g/mol. The van der Waals surface area contributed by atoms with Crippen LogP contribution in [0.4, 0.5) is 9.18 Å². The fourth-order valence-electron chi connectivity index (χ4n) is 2.58. The summed E-state index contributed by atoms with van der Waals surface area (Å²) in [6.07, 6.45) is 0.754. The molecule has 1 atom stereocenters. The van der Waals surface area contributed by atoms with Crippen molar-refractivity contribution in [3.05, 3.63) is 34.6 Å². The standard InChI is InChI=1S/C16H21ClFN3O2/c1-11(13-4-5-15(18)14(17)10-13)19-16(23)21-7-3-6-20(8-9-21)12(2)22/h4-5,10-11H,3,6-9H2,1-2H3,(H,19,23)/t11-/m1/s1. The topological polar surface area (TPSA) is 52.7 Å². The van der Waals surface area contributed by atoms with Gasteiger partial charge in [0.1, 0.15) is 5.82 Å². The third-order valence-electron chi connectivity index (χ3n) is 4.01. The molecule has 1 heterocycles. The van der Waals surface area contributed by atoms with Gasteiger partial charge in [0.2, 0.25) is 5.91 Å². The smallest absolute Gasteiger partial charge is 0.317 e. The number of nitrogens with zero attached hydrogens (tertiary/aromatic N) is 2. The van der Waals surface area contributed by atoms with Crippen molar-refractivity contribution < 1.29 is 14.0 Å². The fraction of sp³-hybridized carbons (Fsp3) is 0.500. The average molecular weight is 342 g/mol. The predicted octanol–water partition coefficient (Wildman–Crippen LogP) is 2.80. The van der Waals surface area contributed by atoms with E-state index in [1.807, 2.05) is 6.92 Å². The maximum atomic E-state index is 13.2. The molecule has 0 aliphatic carbocycles. The molecule has 126 valence electrons. The molecule has 2 rings (SSSR count). The highest BCUT2D eigenvalue weighted by Crippen LogP contribution is 2.21. The quantitative estimate of drug-likeness (QED) is 0.899. The number of urea groups is 1. The van der Waals surface area contributed by atoms with Crippen LogP contribution in [0, 0.1) is 5.82 Å². The van der Waals surface area contributed by atoms with Gasteiger partial charge in [-0.15, -0.1) is 0 Å².